The largest absolute Gasteiger partial charge is 0.399 e. The van der Waals surface area contributed by atoms with E-state index in [1.807, 2.05) is 18.2 Å². The van der Waals surface area contributed by atoms with E-state index < -0.39 is 0 Å². The van der Waals surface area contributed by atoms with Gasteiger partial charge in [0.2, 0.25) is 0 Å². The Hall–Kier alpha value is -1.88. The van der Waals surface area contributed by atoms with Crippen molar-refractivity contribution in [1.29, 1.82) is 0 Å². The van der Waals surface area contributed by atoms with E-state index in [9.17, 15) is 0 Å². The lowest BCUT2D eigenvalue weighted by Crippen LogP contribution is -2.37. The molecule has 1 aromatic carbocycles. The van der Waals surface area contributed by atoms with Gasteiger partial charge in [-0.2, -0.15) is 0 Å². The van der Waals surface area contributed by atoms with Gasteiger partial charge in [0.1, 0.15) is 12.1 Å². The first-order chi connectivity index (χ1) is 11.8. The SMILES string of the molecule is Nc1ccc2ncnc(NCC3CCC(N4CCCC4)CC3)c2c1. The lowest BCUT2D eigenvalue weighted by Gasteiger charge is -2.34. The molecule has 0 bridgehead atoms. The first-order valence-electron chi connectivity index (χ1n) is 9.28. The molecule has 0 spiro atoms. The van der Waals surface area contributed by atoms with E-state index in [2.05, 4.69) is 20.2 Å². The summed E-state index contributed by atoms with van der Waals surface area (Å²) in [5.41, 5.74) is 7.62. The molecular weight excluding hydrogens is 298 g/mol. The molecule has 0 radical (unpaired) electrons. The van der Waals surface area contributed by atoms with Crippen LogP contribution < -0.4 is 11.1 Å². The topological polar surface area (TPSA) is 67.1 Å². The van der Waals surface area contributed by atoms with Crippen molar-refractivity contribution in [2.45, 2.75) is 44.6 Å². The summed E-state index contributed by atoms with van der Waals surface area (Å²) in [7, 11) is 0. The van der Waals surface area contributed by atoms with Crippen LogP contribution >= 0.6 is 0 Å². The molecule has 1 saturated heterocycles. The molecule has 5 heteroatoms. The smallest absolute Gasteiger partial charge is 0.137 e. The third kappa shape index (κ3) is 3.31. The van der Waals surface area contributed by atoms with Crippen LogP contribution in [0.2, 0.25) is 0 Å². The van der Waals surface area contributed by atoms with Crippen LogP contribution in [0.3, 0.4) is 0 Å². The summed E-state index contributed by atoms with van der Waals surface area (Å²) in [6.45, 7) is 3.64. The van der Waals surface area contributed by atoms with Crippen LogP contribution in [0.1, 0.15) is 38.5 Å². The maximum Gasteiger partial charge on any atom is 0.137 e. The normalized spacial score (nSPS) is 25.2. The lowest BCUT2D eigenvalue weighted by atomic mass is 9.85. The Kier molecular flexibility index (Phi) is 4.52. The van der Waals surface area contributed by atoms with Crippen LogP contribution in [0, 0.1) is 5.92 Å². The summed E-state index contributed by atoms with van der Waals surface area (Å²) in [4.78, 5) is 11.5. The van der Waals surface area contributed by atoms with Crippen molar-refractivity contribution < 1.29 is 0 Å². The summed E-state index contributed by atoms with van der Waals surface area (Å²) < 4.78 is 0. The summed E-state index contributed by atoms with van der Waals surface area (Å²) in [6.07, 6.45) is 9.76. The first kappa shape index (κ1) is 15.6. The number of nitrogens with zero attached hydrogens (tertiary/aromatic N) is 3. The number of nitrogens with two attached hydrogens (primary N) is 1. The van der Waals surface area contributed by atoms with Crippen LogP contribution in [0.25, 0.3) is 10.9 Å². The molecule has 2 aliphatic rings. The van der Waals surface area contributed by atoms with E-state index in [-0.39, 0.29) is 0 Å². The number of hydrogen-bond donors (Lipinski definition) is 2. The average Bonchev–Trinajstić information content (AvgIpc) is 3.15. The Balaban J connectivity index is 1.35. The molecule has 5 nitrogen and oxygen atoms in total. The summed E-state index contributed by atoms with van der Waals surface area (Å²) >= 11 is 0. The minimum Gasteiger partial charge on any atom is -0.399 e. The zero-order valence-corrected chi connectivity index (χ0v) is 14.2. The fourth-order valence-electron chi connectivity index (χ4n) is 4.28. The van der Waals surface area contributed by atoms with Crippen molar-refractivity contribution in [2.24, 2.45) is 5.92 Å². The van der Waals surface area contributed by atoms with Crippen molar-refractivity contribution in [3.8, 4) is 0 Å². The Morgan fingerprint density at radius 2 is 1.88 bits per heavy atom. The minimum atomic E-state index is 0.745. The molecule has 2 aromatic rings. The highest BCUT2D eigenvalue weighted by Crippen LogP contribution is 2.30. The minimum absolute atomic E-state index is 0.745. The Morgan fingerprint density at radius 1 is 1.08 bits per heavy atom. The number of aromatic nitrogens is 2. The second-order valence-corrected chi connectivity index (χ2v) is 7.30. The van der Waals surface area contributed by atoms with E-state index in [0.717, 1.165) is 40.9 Å². The van der Waals surface area contributed by atoms with Crippen molar-refractivity contribution in [3.63, 3.8) is 0 Å². The van der Waals surface area contributed by atoms with Gasteiger partial charge in [0.15, 0.2) is 0 Å². The average molecular weight is 325 g/mol. The van der Waals surface area contributed by atoms with Crippen LogP contribution in [-0.4, -0.2) is 40.5 Å². The van der Waals surface area contributed by atoms with E-state index in [4.69, 9.17) is 5.73 Å². The van der Waals surface area contributed by atoms with Crippen LogP contribution in [0.15, 0.2) is 24.5 Å². The highest BCUT2D eigenvalue weighted by atomic mass is 15.2. The van der Waals surface area contributed by atoms with Gasteiger partial charge in [0.25, 0.3) is 0 Å². The van der Waals surface area contributed by atoms with Crippen molar-refractivity contribution >= 4 is 22.4 Å². The van der Waals surface area contributed by atoms with Crippen molar-refractivity contribution in [3.05, 3.63) is 24.5 Å². The van der Waals surface area contributed by atoms with Crippen molar-refractivity contribution in [2.75, 3.05) is 30.7 Å². The predicted octanol–water partition coefficient (Wildman–Crippen LogP) is 3.28. The van der Waals surface area contributed by atoms with Gasteiger partial charge in [0, 0.05) is 23.7 Å². The number of fused-ring (bicyclic) bond motifs is 1. The second-order valence-electron chi connectivity index (χ2n) is 7.30. The highest BCUT2D eigenvalue weighted by molar-refractivity contribution is 5.91. The third-order valence-electron chi connectivity index (χ3n) is 5.69. The molecule has 2 fully saturated rings. The van der Waals surface area contributed by atoms with Crippen LogP contribution in [-0.2, 0) is 0 Å². The maximum absolute atomic E-state index is 5.92. The van der Waals surface area contributed by atoms with Crippen LogP contribution in [0.4, 0.5) is 11.5 Å². The number of anilines is 2. The number of nitrogen functional groups attached to an aromatic ring is 1. The number of rotatable bonds is 4. The van der Waals surface area contributed by atoms with E-state index in [1.54, 1.807) is 6.33 Å². The zero-order valence-electron chi connectivity index (χ0n) is 14.2. The molecule has 0 atom stereocenters. The molecule has 0 amide bonds. The lowest BCUT2D eigenvalue weighted by molar-refractivity contribution is 0.168. The van der Waals surface area contributed by atoms with E-state index >= 15 is 0 Å². The fourth-order valence-corrected chi connectivity index (χ4v) is 4.28. The number of nitrogens with one attached hydrogen (secondary N) is 1. The summed E-state index contributed by atoms with van der Waals surface area (Å²) in [5, 5.41) is 4.57. The quantitative estimate of drug-likeness (QED) is 0.845. The molecule has 1 saturated carbocycles. The first-order valence-corrected chi connectivity index (χ1v) is 9.28. The predicted molar refractivity (Wildman–Crippen MR) is 99.0 cm³/mol. The molecule has 2 heterocycles. The molecule has 1 aliphatic carbocycles. The molecule has 0 unspecified atom stereocenters. The highest BCUT2D eigenvalue weighted by Gasteiger charge is 2.27. The molecule has 4 rings (SSSR count). The molecule has 128 valence electrons. The zero-order chi connectivity index (χ0) is 16.4. The number of likely N-dealkylation sites (tertiary alicyclic amines) is 1. The van der Waals surface area contributed by atoms with Gasteiger partial charge in [0.05, 0.1) is 5.52 Å². The van der Waals surface area contributed by atoms with Crippen molar-refractivity contribution in [1.82, 2.24) is 14.9 Å². The van der Waals surface area contributed by atoms with E-state index in [0.29, 0.717) is 0 Å². The fraction of sp³-hybridized carbons (Fsp3) is 0.579. The van der Waals surface area contributed by atoms with Gasteiger partial charge >= 0.3 is 0 Å². The summed E-state index contributed by atoms with van der Waals surface area (Å²) in [5.74, 6) is 1.66. The molecule has 24 heavy (non-hydrogen) atoms. The number of benzene rings is 1. The van der Waals surface area contributed by atoms with Gasteiger partial charge in [-0.25, -0.2) is 9.97 Å². The van der Waals surface area contributed by atoms with Gasteiger partial charge in [-0.15, -0.1) is 0 Å². The summed E-state index contributed by atoms with van der Waals surface area (Å²) in [6, 6.07) is 6.64. The molecular formula is C19H27N5. The molecule has 1 aromatic heterocycles. The van der Waals surface area contributed by atoms with Crippen LogP contribution in [0.5, 0.6) is 0 Å². The van der Waals surface area contributed by atoms with Gasteiger partial charge in [-0.05, 0) is 75.7 Å². The monoisotopic (exact) mass is 325 g/mol. The Morgan fingerprint density at radius 3 is 2.67 bits per heavy atom. The Labute approximate surface area is 143 Å². The standard InChI is InChI=1S/C19H27N5/c20-15-5-8-18-17(11-15)19(23-13-22-18)21-12-14-3-6-16(7-4-14)24-9-1-2-10-24/h5,8,11,13-14,16H,1-4,6-7,9-10,12,20H2,(H,21,22,23). The maximum atomic E-state index is 5.92. The van der Waals surface area contributed by atoms with E-state index in [1.165, 1.54) is 51.6 Å². The van der Waals surface area contributed by atoms with Gasteiger partial charge in [-0.1, -0.05) is 0 Å². The third-order valence-corrected chi connectivity index (χ3v) is 5.69. The molecule has 3 N–H and O–H groups in total. The van der Waals surface area contributed by atoms with Gasteiger partial charge in [-0.3, -0.25) is 0 Å². The second kappa shape index (κ2) is 6.93. The number of hydrogen-bond acceptors (Lipinski definition) is 5. The Bertz CT molecular complexity index is 687. The van der Waals surface area contributed by atoms with Gasteiger partial charge < -0.3 is 16.0 Å². The molecule has 1 aliphatic heterocycles.